The van der Waals surface area contributed by atoms with E-state index in [-0.39, 0.29) is 11.9 Å². The number of carbonyl (C=O) groups is 1. The Balaban J connectivity index is 2.08. The molecule has 1 aliphatic heterocycles. The van der Waals surface area contributed by atoms with Gasteiger partial charge in [0, 0.05) is 12.5 Å². The van der Waals surface area contributed by atoms with Crippen LogP contribution in [0.1, 0.15) is 39.2 Å². The van der Waals surface area contributed by atoms with E-state index in [2.05, 4.69) is 26.1 Å². The first-order valence-corrected chi connectivity index (χ1v) is 8.26. The van der Waals surface area contributed by atoms with Gasteiger partial charge in [-0.25, -0.2) is 0 Å². The Morgan fingerprint density at radius 3 is 2.73 bits per heavy atom. The molecule has 0 fully saturated rings. The second kappa shape index (κ2) is 7.73. The summed E-state index contributed by atoms with van der Waals surface area (Å²) in [5, 5.41) is 3.57. The van der Waals surface area contributed by atoms with Crippen LogP contribution >= 0.6 is 11.6 Å². The van der Waals surface area contributed by atoms with Crippen molar-refractivity contribution in [2.75, 3.05) is 13.2 Å². The highest BCUT2D eigenvalue weighted by atomic mass is 35.5. The van der Waals surface area contributed by atoms with Crippen molar-refractivity contribution in [2.45, 2.75) is 46.1 Å². The van der Waals surface area contributed by atoms with E-state index in [0.717, 1.165) is 18.4 Å². The van der Waals surface area contributed by atoms with Gasteiger partial charge >= 0.3 is 0 Å². The number of fused-ring (bicyclic) bond motifs is 1. The third kappa shape index (κ3) is 4.29. The molecule has 22 heavy (non-hydrogen) atoms. The van der Waals surface area contributed by atoms with Crippen LogP contribution in [0, 0.1) is 5.92 Å². The lowest BCUT2D eigenvalue weighted by molar-refractivity contribution is -0.121. The van der Waals surface area contributed by atoms with Crippen LogP contribution in [-0.4, -0.2) is 25.2 Å². The van der Waals surface area contributed by atoms with E-state index in [1.54, 1.807) is 6.07 Å². The summed E-state index contributed by atoms with van der Waals surface area (Å²) >= 11 is 6.25. The van der Waals surface area contributed by atoms with E-state index in [1.165, 1.54) is 0 Å². The maximum absolute atomic E-state index is 12.2. The molecule has 0 saturated carbocycles. The standard InChI is InChI=1S/C17H24ClNO3/c1-4-14(11(2)3)19-16(20)10-12-8-13(18)17-15(9-12)21-6-5-7-22-17/h8-9,11,14H,4-7,10H2,1-3H3,(H,19,20)/t14-/m1/s1. The second-order valence-electron chi connectivity index (χ2n) is 5.96. The van der Waals surface area contributed by atoms with Crippen LogP contribution in [0.15, 0.2) is 12.1 Å². The number of ether oxygens (including phenoxy) is 2. The number of halogens is 1. The zero-order chi connectivity index (χ0) is 16.1. The van der Waals surface area contributed by atoms with Crippen molar-refractivity contribution in [3.63, 3.8) is 0 Å². The van der Waals surface area contributed by atoms with Gasteiger partial charge in [-0.1, -0.05) is 32.4 Å². The molecular weight excluding hydrogens is 302 g/mol. The molecule has 1 N–H and O–H groups in total. The zero-order valence-corrected chi connectivity index (χ0v) is 14.2. The second-order valence-corrected chi connectivity index (χ2v) is 6.37. The summed E-state index contributed by atoms with van der Waals surface area (Å²) < 4.78 is 11.2. The highest BCUT2D eigenvalue weighted by Gasteiger charge is 2.18. The van der Waals surface area contributed by atoms with Crippen molar-refractivity contribution in [1.82, 2.24) is 5.32 Å². The number of carbonyl (C=O) groups excluding carboxylic acids is 1. The fourth-order valence-corrected chi connectivity index (χ4v) is 2.86. The minimum Gasteiger partial charge on any atom is -0.489 e. The van der Waals surface area contributed by atoms with E-state index in [0.29, 0.717) is 42.1 Å². The van der Waals surface area contributed by atoms with Gasteiger partial charge in [0.25, 0.3) is 0 Å². The highest BCUT2D eigenvalue weighted by molar-refractivity contribution is 6.32. The Morgan fingerprint density at radius 1 is 1.32 bits per heavy atom. The average molecular weight is 326 g/mol. The van der Waals surface area contributed by atoms with Gasteiger partial charge < -0.3 is 14.8 Å². The largest absolute Gasteiger partial charge is 0.489 e. The maximum Gasteiger partial charge on any atom is 0.224 e. The average Bonchev–Trinajstić information content (AvgIpc) is 2.70. The summed E-state index contributed by atoms with van der Waals surface area (Å²) in [6.07, 6.45) is 2.04. The Kier molecular flexibility index (Phi) is 5.95. The first-order valence-electron chi connectivity index (χ1n) is 7.88. The molecule has 1 aromatic rings. The molecule has 0 aliphatic carbocycles. The van der Waals surface area contributed by atoms with E-state index < -0.39 is 0 Å². The molecule has 0 saturated heterocycles. The van der Waals surface area contributed by atoms with Crippen LogP contribution in [0.5, 0.6) is 11.5 Å². The number of benzene rings is 1. The molecule has 122 valence electrons. The molecule has 2 rings (SSSR count). The smallest absolute Gasteiger partial charge is 0.224 e. The van der Waals surface area contributed by atoms with Gasteiger partial charge in [0.1, 0.15) is 0 Å². The predicted molar refractivity (Wildman–Crippen MR) is 87.8 cm³/mol. The van der Waals surface area contributed by atoms with Crippen LogP contribution in [-0.2, 0) is 11.2 Å². The molecule has 1 aliphatic rings. The maximum atomic E-state index is 12.2. The number of hydrogen-bond donors (Lipinski definition) is 1. The number of nitrogens with one attached hydrogen (secondary N) is 1. The molecule has 0 bridgehead atoms. The summed E-state index contributed by atoms with van der Waals surface area (Å²) in [6, 6.07) is 3.83. The van der Waals surface area contributed by atoms with Crippen molar-refractivity contribution in [3.05, 3.63) is 22.7 Å². The van der Waals surface area contributed by atoms with Crippen LogP contribution in [0.2, 0.25) is 5.02 Å². The Morgan fingerprint density at radius 2 is 2.05 bits per heavy atom. The molecule has 0 aromatic heterocycles. The molecule has 1 aromatic carbocycles. The van der Waals surface area contributed by atoms with E-state index in [4.69, 9.17) is 21.1 Å². The third-order valence-corrected chi connectivity index (χ3v) is 4.10. The quantitative estimate of drug-likeness (QED) is 0.900. The van der Waals surface area contributed by atoms with Crippen LogP contribution in [0.4, 0.5) is 0 Å². The predicted octanol–water partition coefficient (Wildman–Crippen LogP) is 3.59. The lowest BCUT2D eigenvalue weighted by atomic mass is 10.0. The van der Waals surface area contributed by atoms with Gasteiger partial charge in [-0.15, -0.1) is 0 Å². The van der Waals surface area contributed by atoms with Crippen LogP contribution in [0.25, 0.3) is 0 Å². The molecule has 4 nitrogen and oxygen atoms in total. The van der Waals surface area contributed by atoms with Gasteiger partial charge in [0.05, 0.1) is 24.7 Å². The van der Waals surface area contributed by atoms with Gasteiger partial charge in [0.2, 0.25) is 5.91 Å². The fraction of sp³-hybridized carbons (Fsp3) is 0.588. The lowest BCUT2D eigenvalue weighted by Crippen LogP contribution is -2.38. The molecule has 1 amide bonds. The van der Waals surface area contributed by atoms with Crippen molar-refractivity contribution in [3.8, 4) is 11.5 Å². The topological polar surface area (TPSA) is 47.6 Å². The van der Waals surface area contributed by atoms with Gasteiger partial charge in [-0.05, 0) is 30.0 Å². The first-order chi connectivity index (χ1) is 10.5. The molecule has 0 radical (unpaired) electrons. The van der Waals surface area contributed by atoms with Crippen molar-refractivity contribution >= 4 is 17.5 Å². The normalized spacial score (nSPS) is 15.3. The van der Waals surface area contributed by atoms with Crippen LogP contribution < -0.4 is 14.8 Å². The number of hydrogen-bond acceptors (Lipinski definition) is 3. The van der Waals surface area contributed by atoms with Gasteiger partial charge in [-0.3, -0.25) is 4.79 Å². The molecule has 0 unspecified atom stereocenters. The summed E-state index contributed by atoms with van der Waals surface area (Å²) in [5.41, 5.74) is 0.838. The van der Waals surface area contributed by atoms with E-state index in [9.17, 15) is 4.79 Å². The van der Waals surface area contributed by atoms with Gasteiger partial charge in [-0.2, -0.15) is 0 Å². The molecule has 5 heteroatoms. The summed E-state index contributed by atoms with van der Waals surface area (Å²) in [4.78, 5) is 12.2. The number of amides is 1. The minimum atomic E-state index is 0.00565. The molecule has 1 atom stereocenters. The first kappa shape index (κ1) is 16.9. The molecule has 0 spiro atoms. The van der Waals surface area contributed by atoms with Crippen molar-refractivity contribution in [2.24, 2.45) is 5.92 Å². The monoisotopic (exact) mass is 325 g/mol. The van der Waals surface area contributed by atoms with Crippen molar-refractivity contribution in [1.29, 1.82) is 0 Å². The van der Waals surface area contributed by atoms with E-state index in [1.807, 2.05) is 6.07 Å². The van der Waals surface area contributed by atoms with Gasteiger partial charge in [0.15, 0.2) is 11.5 Å². The zero-order valence-electron chi connectivity index (χ0n) is 13.4. The van der Waals surface area contributed by atoms with Crippen LogP contribution in [0.3, 0.4) is 0 Å². The highest BCUT2D eigenvalue weighted by Crippen LogP contribution is 2.38. The summed E-state index contributed by atoms with van der Waals surface area (Å²) in [6.45, 7) is 7.50. The minimum absolute atomic E-state index is 0.00565. The van der Waals surface area contributed by atoms with E-state index >= 15 is 0 Å². The fourth-order valence-electron chi connectivity index (χ4n) is 2.57. The number of rotatable bonds is 5. The molecular formula is C17H24ClNO3. The Bertz CT molecular complexity index is 531. The summed E-state index contributed by atoms with van der Waals surface area (Å²) in [5.74, 6) is 1.63. The summed E-state index contributed by atoms with van der Waals surface area (Å²) in [7, 11) is 0. The SMILES string of the molecule is CC[C@@H](NC(=O)Cc1cc(Cl)c2c(c1)OCCCO2)C(C)C. The lowest BCUT2D eigenvalue weighted by Gasteiger charge is -2.21. The Labute approximate surface area is 137 Å². The Hall–Kier alpha value is -1.42. The third-order valence-electron chi connectivity index (χ3n) is 3.82. The molecule has 1 heterocycles. The van der Waals surface area contributed by atoms with Crippen molar-refractivity contribution < 1.29 is 14.3 Å².